The van der Waals surface area contributed by atoms with Gasteiger partial charge in [0.1, 0.15) is 5.75 Å². The maximum Gasteiger partial charge on any atom is 0.304 e. The van der Waals surface area contributed by atoms with Gasteiger partial charge < -0.3 is 25.4 Å². The Kier molecular flexibility index (Phi) is 8.26. The van der Waals surface area contributed by atoms with E-state index in [2.05, 4.69) is 20.6 Å². The van der Waals surface area contributed by atoms with Crippen LogP contribution in [0.15, 0.2) is 61.1 Å². The molecule has 10 heteroatoms. The molecular weight excluding hydrogens is 508 g/mol. The van der Waals surface area contributed by atoms with E-state index < -0.39 is 5.97 Å². The number of nitrogens with zero attached hydrogens (tertiary/aromatic N) is 4. The first-order valence-electron chi connectivity index (χ1n) is 13.5. The van der Waals surface area contributed by atoms with E-state index in [1.54, 1.807) is 13.3 Å². The van der Waals surface area contributed by atoms with Crippen LogP contribution in [0.1, 0.15) is 35.2 Å². The van der Waals surface area contributed by atoms with E-state index in [0.29, 0.717) is 42.6 Å². The number of aryl methyl sites for hydroxylation is 1. The van der Waals surface area contributed by atoms with Gasteiger partial charge in [-0.2, -0.15) is 0 Å². The largest absolute Gasteiger partial charge is 0.497 e. The lowest BCUT2D eigenvalue weighted by Crippen LogP contribution is -2.41. The van der Waals surface area contributed by atoms with Gasteiger partial charge in [0.2, 0.25) is 0 Å². The van der Waals surface area contributed by atoms with Gasteiger partial charge in [0, 0.05) is 48.8 Å². The Balaban J connectivity index is 1.23. The first-order valence-corrected chi connectivity index (χ1v) is 13.5. The van der Waals surface area contributed by atoms with E-state index in [0.717, 1.165) is 47.6 Å². The van der Waals surface area contributed by atoms with Gasteiger partial charge in [-0.1, -0.05) is 0 Å². The lowest BCUT2D eigenvalue weighted by atomic mass is 9.95. The molecule has 0 atom stereocenters. The zero-order valence-corrected chi connectivity index (χ0v) is 22.8. The van der Waals surface area contributed by atoms with Crippen molar-refractivity contribution < 1.29 is 19.4 Å². The number of nitrogens with one attached hydrogen (secondary N) is 2. The third-order valence-corrected chi connectivity index (χ3v) is 7.38. The number of rotatable bonds is 10. The molecule has 1 amide bonds. The Morgan fingerprint density at radius 1 is 1.10 bits per heavy atom. The lowest BCUT2D eigenvalue weighted by Gasteiger charge is -2.32. The normalized spacial score (nSPS) is 13.9. The summed E-state index contributed by atoms with van der Waals surface area (Å²) in [5.74, 6) is 1.12. The fourth-order valence-corrected chi connectivity index (χ4v) is 5.11. The van der Waals surface area contributed by atoms with Crippen LogP contribution in [0, 0.1) is 12.8 Å². The summed E-state index contributed by atoms with van der Waals surface area (Å²) in [6.45, 7) is 4.61. The van der Waals surface area contributed by atoms with Crippen LogP contribution in [0.3, 0.4) is 0 Å². The number of piperidine rings is 1. The number of aromatic nitrogens is 3. The van der Waals surface area contributed by atoms with Crippen LogP contribution >= 0.6 is 0 Å². The number of benzene rings is 2. The van der Waals surface area contributed by atoms with Crippen LogP contribution in [0.4, 0.5) is 11.5 Å². The van der Waals surface area contributed by atoms with Crippen molar-refractivity contribution >= 4 is 29.0 Å². The van der Waals surface area contributed by atoms with Crippen LogP contribution < -0.4 is 15.4 Å². The number of anilines is 2. The van der Waals surface area contributed by atoms with Crippen LogP contribution in [0.5, 0.6) is 5.75 Å². The maximum absolute atomic E-state index is 13.3. The molecule has 0 unspecified atom stereocenters. The number of likely N-dealkylation sites (tertiary alicyclic amines) is 1. The van der Waals surface area contributed by atoms with Crippen LogP contribution in [-0.4, -0.2) is 69.5 Å². The number of carbonyl (C=O) groups is 2. The van der Waals surface area contributed by atoms with Gasteiger partial charge in [-0.05, 0) is 80.3 Å². The Hall–Kier alpha value is -4.44. The molecule has 0 saturated carbocycles. The number of carbonyl (C=O) groups excluding carboxylic acids is 1. The molecule has 10 nitrogen and oxygen atoms in total. The first kappa shape index (κ1) is 27.1. The zero-order valence-electron chi connectivity index (χ0n) is 22.8. The number of aliphatic carboxylic acids is 1. The Labute approximate surface area is 233 Å². The molecule has 3 heterocycles. The molecule has 5 rings (SSSR count). The molecule has 0 aliphatic carbocycles. The molecular formula is C30H34N6O4. The van der Waals surface area contributed by atoms with Crippen molar-refractivity contribution in [1.29, 1.82) is 0 Å². The molecule has 208 valence electrons. The number of carboxylic acids is 1. The van der Waals surface area contributed by atoms with Crippen molar-refractivity contribution in [3.63, 3.8) is 0 Å². The predicted molar refractivity (Wildman–Crippen MR) is 153 cm³/mol. The van der Waals surface area contributed by atoms with Crippen LogP contribution in [0.2, 0.25) is 0 Å². The lowest BCUT2D eigenvalue weighted by molar-refractivity contribution is -0.136. The minimum atomic E-state index is -0.793. The highest BCUT2D eigenvalue weighted by Crippen LogP contribution is 2.28. The minimum absolute atomic E-state index is 0.0407. The zero-order chi connectivity index (χ0) is 28.1. The monoisotopic (exact) mass is 542 g/mol. The van der Waals surface area contributed by atoms with Gasteiger partial charge in [-0.25, -0.2) is 9.97 Å². The highest BCUT2D eigenvalue weighted by Gasteiger charge is 2.24. The second-order valence-corrected chi connectivity index (χ2v) is 10.1. The van der Waals surface area contributed by atoms with Gasteiger partial charge in [0.25, 0.3) is 5.91 Å². The summed E-state index contributed by atoms with van der Waals surface area (Å²) in [5, 5.41) is 15.4. The molecule has 1 fully saturated rings. The van der Waals surface area contributed by atoms with Crippen LogP contribution in [-0.2, 0) is 4.79 Å². The number of imidazole rings is 1. The van der Waals surface area contributed by atoms with Crippen molar-refractivity contribution in [2.24, 2.45) is 5.92 Å². The Morgan fingerprint density at radius 2 is 1.88 bits per heavy atom. The average Bonchev–Trinajstić information content (AvgIpc) is 3.41. The standard InChI is InChI=1S/C30H34N6O4/c1-20-17-23(5-8-25(20)30(39)35-14-10-21(11-15-35)18-31-12-9-27(37)38)34-28-29-33-19-26(36(29)16-13-32-28)22-3-6-24(40-2)7-4-22/h3-8,13,16-17,19,21,31H,9-12,14-15,18H2,1-2H3,(H,32,34)(H,37,38). The van der Waals surface area contributed by atoms with Crippen molar-refractivity contribution in [1.82, 2.24) is 24.6 Å². The van der Waals surface area contributed by atoms with Crippen molar-refractivity contribution in [2.75, 3.05) is 38.6 Å². The van der Waals surface area contributed by atoms with E-state index in [-0.39, 0.29) is 12.3 Å². The Bertz CT molecular complexity index is 1490. The molecule has 0 spiro atoms. The maximum atomic E-state index is 13.3. The summed E-state index contributed by atoms with van der Waals surface area (Å²) in [7, 11) is 1.65. The fourth-order valence-electron chi connectivity index (χ4n) is 5.11. The molecule has 2 aromatic heterocycles. The van der Waals surface area contributed by atoms with E-state index in [4.69, 9.17) is 9.84 Å². The van der Waals surface area contributed by atoms with Gasteiger partial charge in [0.15, 0.2) is 11.5 Å². The summed E-state index contributed by atoms with van der Waals surface area (Å²) < 4.78 is 7.26. The van der Waals surface area contributed by atoms with Gasteiger partial charge >= 0.3 is 5.97 Å². The number of methoxy groups -OCH3 is 1. The fraction of sp³-hybridized carbons (Fsp3) is 0.333. The number of amides is 1. The second-order valence-electron chi connectivity index (χ2n) is 10.1. The van der Waals surface area contributed by atoms with Crippen molar-refractivity contribution in [3.8, 4) is 17.0 Å². The molecule has 1 aliphatic heterocycles. The second kappa shape index (κ2) is 12.2. The molecule has 3 N–H and O–H groups in total. The van der Waals surface area contributed by atoms with Crippen molar-refractivity contribution in [3.05, 3.63) is 72.2 Å². The highest BCUT2D eigenvalue weighted by molar-refractivity contribution is 5.96. The molecule has 0 radical (unpaired) electrons. The summed E-state index contributed by atoms with van der Waals surface area (Å²) >= 11 is 0. The smallest absolute Gasteiger partial charge is 0.304 e. The molecule has 1 saturated heterocycles. The molecule has 40 heavy (non-hydrogen) atoms. The van der Waals surface area contributed by atoms with Gasteiger partial charge in [0.05, 0.1) is 25.4 Å². The summed E-state index contributed by atoms with van der Waals surface area (Å²) in [4.78, 5) is 35.0. The number of hydrogen-bond donors (Lipinski definition) is 3. The van der Waals surface area contributed by atoms with E-state index in [1.807, 2.05) is 71.1 Å². The van der Waals surface area contributed by atoms with Crippen LogP contribution in [0.25, 0.3) is 16.9 Å². The average molecular weight is 543 g/mol. The van der Waals surface area contributed by atoms with E-state index in [9.17, 15) is 9.59 Å². The molecule has 1 aliphatic rings. The minimum Gasteiger partial charge on any atom is -0.497 e. The highest BCUT2D eigenvalue weighted by atomic mass is 16.5. The number of fused-ring (bicyclic) bond motifs is 1. The summed E-state index contributed by atoms with van der Waals surface area (Å²) in [5.41, 5.74) is 5.07. The number of ether oxygens (including phenoxy) is 1. The molecule has 4 aromatic rings. The van der Waals surface area contributed by atoms with E-state index >= 15 is 0 Å². The van der Waals surface area contributed by atoms with E-state index in [1.165, 1.54) is 0 Å². The third kappa shape index (κ3) is 6.07. The first-order chi connectivity index (χ1) is 19.4. The van der Waals surface area contributed by atoms with Gasteiger partial charge in [-0.15, -0.1) is 0 Å². The molecule has 0 bridgehead atoms. The topological polar surface area (TPSA) is 121 Å². The molecule has 2 aromatic carbocycles. The summed E-state index contributed by atoms with van der Waals surface area (Å²) in [6.07, 6.45) is 7.38. The Morgan fingerprint density at radius 3 is 2.58 bits per heavy atom. The predicted octanol–water partition coefficient (Wildman–Crippen LogP) is 4.37. The SMILES string of the molecule is COc1ccc(-c2cnc3c(Nc4ccc(C(=O)N5CCC(CNCCC(=O)O)CC5)c(C)c4)nccn23)cc1. The summed E-state index contributed by atoms with van der Waals surface area (Å²) in [6, 6.07) is 13.6. The number of hydrogen-bond acceptors (Lipinski definition) is 7. The van der Waals surface area contributed by atoms with Gasteiger partial charge in [-0.3, -0.25) is 14.0 Å². The third-order valence-electron chi connectivity index (χ3n) is 7.38. The quantitative estimate of drug-likeness (QED) is 0.253. The number of carboxylic acid groups (broad SMARTS) is 1. The van der Waals surface area contributed by atoms with Crippen molar-refractivity contribution in [2.45, 2.75) is 26.2 Å².